The van der Waals surface area contributed by atoms with E-state index in [1.807, 2.05) is 11.8 Å². The third-order valence-electron chi connectivity index (χ3n) is 4.38. The predicted molar refractivity (Wildman–Crippen MR) is 91.1 cm³/mol. The van der Waals surface area contributed by atoms with Crippen LogP contribution in [-0.4, -0.2) is 30.0 Å². The molecule has 20 heavy (non-hydrogen) atoms. The van der Waals surface area contributed by atoms with Crippen LogP contribution in [0.15, 0.2) is 0 Å². The highest BCUT2D eigenvalue weighted by atomic mass is 32.2. The Morgan fingerprint density at radius 3 is 2.30 bits per heavy atom. The summed E-state index contributed by atoms with van der Waals surface area (Å²) in [5, 5.41) is 3.12. The maximum Gasteiger partial charge on any atom is 0.220 e. The fraction of sp³-hybridized carbons (Fsp3) is 0.938. The SMILES string of the molecule is CCCC(CCN)CCC(=O)NCC(CC)(CC)SC. The molecule has 0 aliphatic rings. The summed E-state index contributed by atoms with van der Waals surface area (Å²) in [5.74, 6) is 0.807. The second-order valence-electron chi connectivity index (χ2n) is 5.64. The van der Waals surface area contributed by atoms with E-state index < -0.39 is 0 Å². The molecule has 1 unspecified atom stereocenters. The van der Waals surface area contributed by atoms with Crippen LogP contribution in [0.1, 0.15) is 65.7 Å². The Hall–Kier alpha value is -0.220. The molecule has 3 N–H and O–H groups in total. The van der Waals surface area contributed by atoms with Gasteiger partial charge in [-0.3, -0.25) is 4.79 Å². The number of carbonyl (C=O) groups is 1. The van der Waals surface area contributed by atoms with Gasteiger partial charge in [0.1, 0.15) is 0 Å². The molecule has 0 aromatic rings. The number of nitrogens with one attached hydrogen (secondary N) is 1. The minimum atomic E-state index is 0.198. The molecule has 3 nitrogen and oxygen atoms in total. The first-order valence-corrected chi connectivity index (χ1v) is 9.31. The number of amides is 1. The third kappa shape index (κ3) is 7.53. The number of thioether (sulfide) groups is 1. The molecule has 0 heterocycles. The van der Waals surface area contributed by atoms with Crippen LogP contribution >= 0.6 is 11.8 Å². The quantitative estimate of drug-likeness (QED) is 0.579. The molecular weight excluding hydrogens is 268 g/mol. The Morgan fingerprint density at radius 1 is 1.20 bits per heavy atom. The lowest BCUT2D eigenvalue weighted by atomic mass is 9.94. The molecule has 1 atom stereocenters. The van der Waals surface area contributed by atoms with Gasteiger partial charge in [-0.05, 0) is 44.4 Å². The molecule has 0 spiro atoms. The Kier molecular flexibility index (Phi) is 11.3. The van der Waals surface area contributed by atoms with Crippen LogP contribution in [0.25, 0.3) is 0 Å². The summed E-state index contributed by atoms with van der Waals surface area (Å²) in [6.07, 6.45) is 9.34. The van der Waals surface area contributed by atoms with Crippen molar-refractivity contribution >= 4 is 17.7 Å². The molecule has 0 aliphatic carbocycles. The third-order valence-corrected chi connectivity index (χ3v) is 5.97. The molecule has 0 aromatic carbocycles. The van der Waals surface area contributed by atoms with Crippen molar-refractivity contribution in [3.05, 3.63) is 0 Å². The number of hydrogen-bond donors (Lipinski definition) is 2. The van der Waals surface area contributed by atoms with Crippen molar-refractivity contribution in [1.29, 1.82) is 0 Å². The van der Waals surface area contributed by atoms with Gasteiger partial charge >= 0.3 is 0 Å². The first kappa shape index (κ1) is 19.8. The molecule has 0 aromatic heterocycles. The van der Waals surface area contributed by atoms with Crippen molar-refractivity contribution in [3.63, 3.8) is 0 Å². The lowest BCUT2D eigenvalue weighted by molar-refractivity contribution is -0.121. The number of nitrogens with two attached hydrogens (primary N) is 1. The average molecular weight is 303 g/mol. The standard InChI is InChI=1S/C16H34N2OS/c1-5-8-14(11-12-17)9-10-15(19)18-13-16(6-2,7-3)20-4/h14H,5-13,17H2,1-4H3,(H,18,19). The number of hydrogen-bond acceptors (Lipinski definition) is 3. The van der Waals surface area contributed by atoms with Gasteiger partial charge < -0.3 is 11.1 Å². The number of rotatable bonds is 12. The van der Waals surface area contributed by atoms with Crippen LogP contribution in [0.4, 0.5) is 0 Å². The van der Waals surface area contributed by atoms with Crippen LogP contribution < -0.4 is 11.1 Å². The van der Waals surface area contributed by atoms with Gasteiger partial charge in [0.05, 0.1) is 0 Å². The molecule has 0 fully saturated rings. The van der Waals surface area contributed by atoms with E-state index in [0.29, 0.717) is 12.3 Å². The van der Waals surface area contributed by atoms with Crippen molar-refractivity contribution < 1.29 is 4.79 Å². The normalized spacial score (nSPS) is 13.2. The summed E-state index contributed by atoms with van der Waals surface area (Å²) in [5.41, 5.74) is 5.63. The van der Waals surface area contributed by atoms with E-state index in [-0.39, 0.29) is 10.7 Å². The van der Waals surface area contributed by atoms with E-state index in [1.54, 1.807) is 0 Å². The highest BCUT2D eigenvalue weighted by Crippen LogP contribution is 2.29. The summed E-state index contributed by atoms with van der Waals surface area (Å²) in [6.45, 7) is 8.11. The largest absolute Gasteiger partial charge is 0.355 e. The van der Waals surface area contributed by atoms with Gasteiger partial charge in [-0.1, -0.05) is 33.6 Å². The van der Waals surface area contributed by atoms with Gasteiger partial charge in [0, 0.05) is 17.7 Å². The van der Waals surface area contributed by atoms with E-state index >= 15 is 0 Å². The molecule has 0 rings (SSSR count). The zero-order valence-corrected chi connectivity index (χ0v) is 14.7. The zero-order chi connectivity index (χ0) is 15.4. The molecule has 4 heteroatoms. The van der Waals surface area contributed by atoms with Crippen molar-refractivity contribution in [2.75, 3.05) is 19.3 Å². The topological polar surface area (TPSA) is 55.1 Å². The summed E-state index contributed by atoms with van der Waals surface area (Å²) >= 11 is 1.87. The van der Waals surface area contributed by atoms with Crippen molar-refractivity contribution in [1.82, 2.24) is 5.32 Å². The predicted octanol–water partition coefficient (Wildman–Crippen LogP) is 3.57. The fourth-order valence-corrected chi connectivity index (χ4v) is 3.41. The first-order valence-electron chi connectivity index (χ1n) is 8.09. The van der Waals surface area contributed by atoms with Crippen LogP contribution in [0.5, 0.6) is 0 Å². The summed E-state index contributed by atoms with van der Waals surface area (Å²) in [4.78, 5) is 12.0. The summed E-state index contributed by atoms with van der Waals surface area (Å²) in [7, 11) is 0. The second kappa shape index (κ2) is 11.4. The minimum Gasteiger partial charge on any atom is -0.355 e. The summed E-state index contributed by atoms with van der Waals surface area (Å²) in [6, 6.07) is 0. The Bertz CT molecular complexity index is 241. The van der Waals surface area contributed by atoms with Gasteiger partial charge in [0.2, 0.25) is 5.91 Å². The number of carbonyl (C=O) groups excluding carboxylic acids is 1. The average Bonchev–Trinajstić information content (AvgIpc) is 2.47. The van der Waals surface area contributed by atoms with Gasteiger partial charge in [0.25, 0.3) is 0 Å². The van der Waals surface area contributed by atoms with Crippen LogP contribution in [0.2, 0.25) is 0 Å². The van der Waals surface area contributed by atoms with E-state index in [0.717, 1.165) is 38.8 Å². The second-order valence-corrected chi connectivity index (χ2v) is 6.92. The fourth-order valence-electron chi connectivity index (χ4n) is 2.62. The lowest BCUT2D eigenvalue weighted by Crippen LogP contribution is -2.39. The van der Waals surface area contributed by atoms with Gasteiger partial charge in [-0.2, -0.15) is 11.8 Å². The monoisotopic (exact) mass is 302 g/mol. The molecule has 0 aliphatic heterocycles. The lowest BCUT2D eigenvalue weighted by Gasteiger charge is -2.29. The highest BCUT2D eigenvalue weighted by Gasteiger charge is 2.25. The van der Waals surface area contributed by atoms with E-state index in [9.17, 15) is 4.79 Å². The van der Waals surface area contributed by atoms with Crippen molar-refractivity contribution in [2.24, 2.45) is 11.7 Å². The highest BCUT2D eigenvalue weighted by molar-refractivity contribution is 8.00. The zero-order valence-electron chi connectivity index (χ0n) is 13.8. The van der Waals surface area contributed by atoms with Gasteiger partial charge in [-0.15, -0.1) is 0 Å². The van der Waals surface area contributed by atoms with Crippen molar-refractivity contribution in [3.8, 4) is 0 Å². The van der Waals surface area contributed by atoms with E-state index in [4.69, 9.17) is 5.73 Å². The summed E-state index contributed by atoms with van der Waals surface area (Å²) < 4.78 is 0.204. The first-order chi connectivity index (χ1) is 9.57. The molecule has 0 bridgehead atoms. The molecule has 1 amide bonds. The minimum absolute atomic E-state index is 0.198. The molecule has 0 saturated heterocycles. The smallest absolute Gasteiger partial charge is 0.220 e. The molecule has 0 saturated carbocycles. The maximum atomic E-state index is 12.0. The Balaban J connectivity index is 4.09. The van der Waals surface area contributed by atoms with Gasteiger partial charge in [-0.25, -0.2) is 0 Å². The van der Waals surface area contributed by atoms with E-state index in [1.165, 1.54) is 12.8 Å². The molecule has 120 valence electrons. The molecule has 0 radical (unpaired) electrons. The maximum absolute atomic E-state index is 12.0. The Labute approximate surface area is 129 Å². The van der Waals surface area contributed by atoms with Crippen LogP contribution in [-0.2, 0) is 4.79 Å². The van der Waals surface area contributed by atoms with Crippen LogP contribution in [0.3, 0.4) is 0 Å². The molecular formula is C16H34N2OS. The van der Waals surface area contributed by atoms with Crippen LogP contribution in [0, 0.1) is 5.92 Å². The van der Waals surface area contributed by atoms with E-state index in [2.05, 4.69) is 32.3 Å². The van der Waals surface area contributed by atoms with Gasteiger partial charge in [0.15, 0.2) is 0 Å². The Morgan fingerprint density at radius 2 is 1.85 bits per heavy atom. The van der Waals surface area contributed by atoms with Crippen molar-refractivity contribution in [2.45, 2.75) is 70.5 Å².